The van der Waals surface area contributed by atoms with Gasteiger partial charge in [-0.15, -0.1) is 5.10 Å². The van der Waals surface area contributed by atoms with Gasteiger partial charge in [0.2, 0.25) is 0 Å². The van der Waals surface area contributed by atoms with Gasteiger partial charge >= 0.3 is 5.97 Å². The SMILES string of the molecule is NCCN(Cc1cn(Cc2ccccc2)nn1)c1cccc(C(=O)O)n1. The lowest BCUT2D eigenvalue weighted by atomic mass is 10.2. The molecule has 8 heteroatoms. The molecule has 26 heavy (non-hydrogen) atoms. The lowest BCUT2D eigenvalue weighted by Crippen LogP contribution is -2.30. The Bertz CT molecular complexity index is 865. The van der Waals surface area contributed by atoms with Gasteiger partial charge in [0.1, 0.15) is 11.5 Å². The molecule has 3 rings (SSSR count). The van der Waals surface area contributed by atoms with Gasteiger partial charge in [0.25, 0.3) is 0 Å². The molecule has 3 aromatic rings. The van der Waals surface area contributed by atoms with E-state index < -0.39 is 5.97 Å². The molecule has 0 unspecified atom stereocenters. The van der Waals surface area contributed by atoms with Gasteiger partial charge in [-0.3, -0.25) is 0 Å². The quantitative estimate of drug-likeness (QED) is 0.630. The number of aromatic nitrogens is 4. The Kier molecular flexibility index (Phi) is 5.55. The number of nitrogens with zero attached hydrogens (tertiary/aromatic N) is 5. The molecule has 8 nitrogen and oxygen atoms in total. The van der Waals surface area contributed by atoms with Crippen molar-refractivity contribution in [3.63, 3.8) is 0 Å². The number of anilines is 1. The van der Waals surface area contributed by atoms with Crippen LogP contribution in [0.4, 0.5) is 5.82 Å². The first-order chi connectivity index (χ1) is 12.7. The Morgan fingerprint density at radius 3 is 2.69 bits per heavy atom. The zero-order valence-corrected chi connectivity index (χ0v) is 14.2. The third kappa shape index (κ3) is 4.42. The van der Waals surface area contributed by atoms with E-state index in [-0.39, 0.29) is 5.69 Å². The molecule has 2 aromatic heterocycles. The molecule has 0 spiro atoms. The van der Waals surface area contributed by atoms with Gasteiger partial charge in [0.15, 0.2) is 5.69 Å². The van der Waals surface area contributed by atoms with Crippen molar-refractivity contribution in [2.45, 2.75) is 13.1 Å². The number of aromatic carboxylic acids is 1. The zero-order valence-electron chi connectivity index (χ0n) is 14.2. The van der Waals surface area contributed by atoms with Gasteiger partial charge in [-0.2, -0.15) is 0 Å². The summed E-state index contributed by atoms with van der Waals surface area (Å²) in [4.78, 5) is 17.2. The molecule has 0 saturated carbocycles. The van der Waals surface area contributed by atoms with E-state index in [2.05, 4.69) is 15.3 Å². The number of carbonyl (C=O) groups is 1. The summed E-state index contributed by atoms with van der Waals surface area (Å²) in [7, 11) is 0. The third-order valence-electron chi connectivity index (χ3n) is 3.80. The number of hydrogen-bond donors (Lipinski definition) is 2. The highest BCUT2D eigenvalue weighted by molar-refractivity contribution is 5.85. The fourth-order valence-corrected chi connectivity index (χ4v) is 2.60. The molecule has 0 bridgehead atoms. The Morgan fingerprint density at radius 1 is 1.15 bits per heavy atom. The lowest BCUT2D eigenvalue weighted by molar-refractivity contribution is 0.0690. The normalized spacial score (nSPS) is 10.7. The lowest BCUT2D eigenvalue weighted by Gasteiger charge is -2.22. The monoisotopic (exact) mass is 352 g/mol. The maximum atomic E-state index is 11.1. The first-order valence-electron chi connectivity index (χ1n) is 8.24. The fraction of sp³-hybridized carbons (Fsp3) is 0.222. The Hall–Kier alpha value is -3.26. The first-order valence-corrected chi connectivity index (χ1v) is 8.24. The van der Waals surface area contributed by atoms with Crippen molar-refractivity contribution in [1.29, 1.82) is 0 Å². The van der Waals surface area contributed by atoms with Crippen LogP contribution in [0, 0.1) is 0 Å². The molecule has 0 aliphatic rings. The molecule has 1 aromatic carbocycles. The van der Waals surface area contributed by atoms with Crippen LogP contribution in [0.2, 0.25) is 0 Å². The van der Waals surface area contributed by atoms with Crippen molar-refractivity contribution in [2.24, 2.45) is 5.73 Å². The van der Waals surface area contributed by atoms with Crippen molar-refractivity contribution in [3.8, 4) is 0 Å². The van der Waals surface area contributed by atoms with Crippen LogP contribution in [0.15, 0.2) is 54.7 Å². The van der Waals surface area contributed by atoms with Crippen LogP contribution >= 0.6 is 0 Å². The molecule has 0 aliphatic heterocycles. The summed E-state index contributed by atoms with van der Waals surface area (Å²) in [6, 6.07) is 14.9. The van der Waals surface area contributed by atoms with Gasteiger partial charge in [-0.25, -0.2) is 14.5 Å². The van der Waals surface area contributed by atoms with Gasteiger partial charge in [0, 0.05) is 13.1 Å². The number of benzene rings is 1. The van der Waals surface area contributed by atoms with Crippen molar-refractivity contribution in [1.82, 2.24) is 20.0 Å². The summed E-state index contributed by atoms with van der Waals surface area (Å²) >= 11 is 0. The number of hydrogen-bond acceptors (Lipinski definition) is 6. The minimum Gasteiger partial charge on any atom is -0.477 e. The summed E-state index contributed by atoms with van der Waals surface area (Å²) in [5, 5.41) is 17.5. The highest BCUT2D eigenvalue weighted by Crippen LogP contribution is 2.14. The van der Waals surface area contributed by atoms with Crippen molar-refractivity contribution in [3.05, 3.63) is 71.7 Å². The average molecular weight is 352 g/mol. The minimum absolute atomic E-state index is 0.00254. The van der Waals surface area contributed by atoms with Crippen LogP contribution in [-0.2, 0) is 13.1 Å². The molecule has 3 N–H and O–H groups in total. The number of pyridine rings is 1. The van der Waals surface area contributed by atoms with E-state index in [9.17, 15) is 4.79 Å². The van der Waals surface area contributed by atoms with Crippen LogP contribution in [0.25, 0.3) is 0 Å². The molecule has 0 aliphatic carbocycles. The average Bonchev–Trinajstić information content (AvgIpc) is 3.09. The molecule has 134 valence electrons. The van der Waals surface area contributed by atoms with Crippen molar-refractivity contribution >= 4 is 11.8 Å². The van der Waals surface area contributed by atoms with Gasteiger partial charge in [0.05, 0.1) is 19.3 Å². The number of carboxylic acid groups (broad SMARTS) is 1. The van der Waals surface area contributed by atoms with E-state index in [1.807, 2.05) is 41.4 Å². The van der Waals surface area contributed by atoms with E-state index in [1.54, 1.807) is 16.8 Å². The predicted octanol–water partition coefficient (Wildman–Crippen LogP) is 1.38. The molecule has 2 heterocycles. The number of nitrogens with two attached hydrogens (primary N) is 1. The maximum Gasteiger partial charge on any atom is 0.354 e. The fourth-order valence-electron chi connectivity index (χ4n) is 2.60. The van der Waals surface area contributed by atoms with E-state index in [4.69, 9.17) is 10.8 Å². The van der Waals surface area contributed by atoms with E-state index in [1.165, 1.54) is 6.07 Å². The smallest absolute Gasteiger partial charge is 0.354 e. The Balaban J connectivity index is 1.74. The second-order valence-corrected chi connectivity index (χ2v) is 5.79. The Labute approximate surface area is 150 Å². The Morgan fingerprint density at radius 2 is 1.96 bits per heavy atom. The van der Waals surface area contributed by atoms with Crippen LogP contribution in [-0.4, -0.2) is 44.1 Å². The summed E-state index contributed by atoms with van der Waals surface area (Å²) in [6.45, 7) is 2.03. The van der Waals surface area contributed by atoms with E-state index in [0.29, 0.717) is 32.0 Å². The molecule has 0 atom stereocenters. The van der Waals surface area contributed by atoms with Crippen LogP contribution < -0.4 is 10.6 Å². The standard InChI is InChI=1S/C18H20N6O2/c19-9-10-23(17-8-4-7-16(20-17)18(25)26)12-15-13-24(22-21-15)11-14-5-2-1-3-6-14/h1-8,13H,9-12,19H2,(H,25,26). The van der Waals surface area contributed by atoms with E-state index >= 15 is 0 Å². The van der Waals surface area contributed by atoms with Crippen LogP contribution in [0.1, 0.15) is 21.7 Å². The summed E-state index contributed by atoms with van der Waals surface area (Å²) in [5.41, 5.74) is 7.59. The van der Waals surface area contributed by atoms with Crippen LogP contribution in [0.5, 0.6) is 0 Å². The van der Waals surface area contributed by atoms with Crippen molar-refractivity contribution in [2.75, 3.05) is 18.0 Å². The second kappa shape index (κ2) is 8.21. The second-order valence-electron chi connectivity index (χ2n) is 5.79. The molecule has 0 saturated heterocycles. The minimum atomic E-state index is -1.06. The third-order valence-corrected chi connectivity index (χ3v) is 3.80. The topological polar surface area (TPSA) is 110 Å². The summed E-state index contributed by atoms with van der Waals surface area (Å²) in [5.74, 6) is -0.513. The zero-order chi connectivity index (χ0) is 18.4. The molecule has 0 amide bonds. The highest BCUT2D eigenvalue weighted by Gasteiger charge is 2.13. The molecular formula is C18H20N6O2. The largest absolute Gasteiger partial charge is 0.477 e. The molecule has 0 fully saturated rings. The summed E-state index contributed by atoms with van der Waals surface area (Å²) < 4.78 is 1.77. The summed E-state index contributed by atoms with van der Waals surface area (Å²) in [6.07, 6.45) is 1.87. The van der Waals surface area contributed by atoms with Gasteiger partial charge < -0.3 is 15.7 Å². The van der Waals surface area contributed by atoms with Gasteiger partial charge in [-0.1, -0.05) is 41.6 Å². The van der Waals surface area contributed by atoms with Gasteiger partial charge in [-0.05, 0) is 17.7 Å². The van der Waals surface area contributed by atoms with Crippen LogP contribution in [0.3, 0.4) is 0 Å². The van der Waals surface area contributed by atoms with E-state index in [0.717, 1.165) is 11.3 Å². The number of carboxylic acids is 1. The van der Waals surface area contributed by atoms with Crippen molar-refractivity contribution < 1.29 is 9.90 Å². The maximum absolute atomic E-state index is 11.1. The predicted molar refractivity (Wildman–Crippen MR) is 96.9 cm³/mol. The highest BCUT2D eigenvalue weighted by atomic mass is 16.4. The number of rotatable bonds is 8. The molecule has 0 radical (unpaired) electrons. The first kappa shape index (κ1) is 17.6. The molecular weight excluding hydrogens is 332 g/mol.